The minimum Gasteiger partial charge on any atom is -0.480 e. The minimum atomic E-state index is -4.72. The molecule has 0 aromatic heterocycles. The van der Waals surface area contributed by atoms with Crippen LogP contribution in [0.3, 0.4) is 0 Å². The van der Waals surface area contributed by atoms with Gasteiger partial charge in [0.1, 0.15) is 12.6 Å². The van der Waals surface area contributed by atoms with Gasteiger partial charge in [0, 0.05) is 12.8 Å². The van der Waals surface area contributed by atoms with E-state index in [9.17, 15) is 23.8 Å². The summed E-state index contributed by atoms with van der Waals surface area (Å²) in [7, 11) is -4.72. The average molecular weight is 814 g/mol. The summed E-state index contributed by atoms with van der Waals surface area (Å²) in [5.74, 6) is -2.40. The Morgan fingerprint density at radius 3 is 1.43 bits per heavy atom. The second kappa shape index (κ2) is 39.5. The maximum Gasteiger partial charge on any atom is 0.472 e. The fourth-order valence-electron chi connectivity index (χ4n) is 5.85. The van der Waals surface area contributed by atoms with E-state index in [2.05, 4.69) is 54.8 Å². The topological polar surface area (TPSA) is 172 Å². The number of carboxylic acids is 1. The SMILES string of the molecule is CCCCCC/C=C\C/C=C\CCCCCCCC(=O)OC(COC(=O)CCCCCCC/C=C\CCCCCCCCC)COP(=O)(O)OCC(N)C(=O)O. The molecule has 0 spiro atoms. The first-order valence-corrected chi connectivity index (χ1v) is 23.5. The molecule has 0 aliphatic heterocycles. The van der Waals surface area contributed by atoms with Crippen LogP contribution in [0.4, 0.5) is 0 Å². The summed E-state index contributed by atoms with van der Waals surface area (Å²) in [6.07, 6.45) is 42.0. The molecule has 0 aliphatic rings. The van der Waals surface area contributed by atoms with Gasteiger partial charge in [0.05, 0.1) is 13.2 Å². The van der Waals surface area contributed by atoms with Crippen LogP contribution in [0.25, 0.3) is 0 Å². The Labute approximate surface area is 340 Å². The number of aliphatic carboxylic acids is 1. The summed E-state index contributed by atoms with van der Waals surface area (Å²) in [6.45, 7) is 2.76. The van der Waals surface area contributed by atoms with Gasteiger partial charge in [-0.2, -0.15) is 0 Å². The second-order valence-corrected chi connectivity index (χ2v) is 16.3. The van der Waals surface area contributed by atoms with Crippen LogP contribution in [0.2, 0.25) is 0 Å². The summed E-state index contributed by atoms with van der Waals surface area (Å²) in [5, 5.41) is 8.89. The van der Waals surface area contributed by atoms with Crippen LogP contribution in [0.15, 0.2) is 36.5 Å². The van der Waals surface area contributed by atoms with Gasteiger partial charge in [0.2, 0.25) is 0 Å². The highest BCUT2D eigenvalue weighted by atomic mass is 31.2. The number of phosphoric acid groups is 1. The molecular weight excluding hydrogens is 733 g/mol. The number of phosphoric ester groups is 1. The molecule has 3 atom stereocenters. The van der Waals surface area contributed by atoms with Gasteiger partial charge >= 0.3 is 25.7 Å². The third-order valence-electron chi connectivity index (χ3n) is 9.36. The lowest BCUT2D eigenvalue weighted by molar-refractivity contribution is -0.161. The van der Waals surface area contributed by atoms with Crippen LogP contribution in [0.1, 0.15) is 194 Å². The van der Waals surface area contributed by atoms with Crippen LogP contribution in [-0.2, 0) is 37.5 Å². The van der Waals surface area contributed by atoms with Crippen LogP contribution >= 0.6 is 7.82 Å². The molecule has 0 saturated heterocycles. The van der Waals surface area contributed by atoms with E-state index < -0.39 is 51.1 Å². The number of ether oxygens (including phenoxy) is 2. The first kappa shape index (κ1) is 53.7. The summed E-state index contributed by atoms with van der Waals surface area (Å²) in [4.78, 5) is 45.9. The quantitative estimate of drug-likeness (QED) is 0.0232. The van der Waals surface area contributed by atoms with Gasteiger partial charge in [-0.05, 0) is 70.6 Å². The van der Waals surface area contributed by atoms with Crippen molar-refractivity contribution >= 4 is 25.7 Å². The Morgan fingerprint density at radius 2 is 0.946 bits per heavy atom. The highest BCUT2D eigenvalue weighted by Gasteiger charge is 2.28. The van der Waals surface area contributed by atoms with Crippen LogP contribution in [-0.4, -0.2) is 59.9 Å². The number of carbonyl (C=O) groups excluding carboxylic acids is 2. The molecule has 0 aromatic rings. The number of rotatable bonds is 41. The Balaban J connectivity index is 4.39. The Kier molecular flexibility index (Phi) is 37.9. The lowest BCUT2D eigenvalue weighted by atomic mass is 10.1. The summed E-state index contributed by atoms with van der Waals surface area (Å²) < 4.78 is 32.7. The molecule has 0 aliphatic carbocycles. The number of nitrogens with two attached hydrogens (primary N) is 1. The van der Waals surface area contributed by atoms with Crippen molar-refractivity contribution in [2.45, 2.75) is 206 Å². The maximum atomic E-state index is 12.6. The monoisotopic (exact) mass is 814 g/mol. The molecule has 4 N–H and O–H groups in total. The van der Waals surface area contributed by atoms with Crippen LogP contribution in [0.5, 0.6) is 0 Å². The van der Waals surface area contributed by atoms with E-state index in [4.69, 9.17) is 24.8 Å². The van der Waals surface area contributed by atoms with Crippen molar-refractivity contribution in [1.82, 2.24) is 0 Å². The van der Waals surface area contributed by atoms with Crippen LogP contribution < -0.4 is 5.73 Å². The molecule has 0 heterocycles. The third-order valence-corrected chi connectivity index (χ3v) is 10.3. The number of hydrogen-bond donors (Lipinski definition) is 3. The van der Waals surface area contributed by atoms with Gasteiger partial charge in [0.15, 0.2) is 6.10 Å². The lowest BCUT2D eigenvalue weighted by Gasteiger charge is -2.20. The van der Waals surface area contributed by atoms with Crippen molar-refractivity contribution in [2.24, 2.45) is 5.73 Å². The van der Waals surface area contributed by atoms with Gasteiger partial charge in [-0.15, -0.1) is 0 Å². The Bertz CT molecular complexity index is 1100. The highest BCUT2D eigenvalue weighted by Crippen LogP contribution is 2.43. The molecule has 12 heteroatoms. The molecule has 56 heavy (non-hydrogen) atoms. The molecule has 0 radical (unpaired) electrons. The number of carboxylic acid groups (broad SMARTS) is 1. The van der Waals surface area contributed by atoms with Gasteiger partial charge < -0.3 is 25.2 Å². The first-order valence-electron chi connectivity index (χ1n) is 22.0. The second-order valence-electron chi connectivity index (χ2n) is 14.8. The zero-order valence-electron chi connectivity index (χ0n) is 35.2. The fourth-order valence-corrected chi connectivity index (χ4v) is 6.63. The number of hydrogen-bond acceptors (Lipinski definition) is 9. The molecular formula is C44H80NO10P. The molecule has 0 amide bonds. The maximum absolute atomic E-state index is 12.6. The molecule has 11 nitrogen and oxygen atoms in total. The standard InChI is InChI=1S/C44H80NO10P/c1-3-5-7-9-11-13-15-17-19-21-23-25-27-29-31-33-35-42(46)52-37-40(38-53-56(50,51)54-39-41(45)44(48)49)55-43(47)36-34-32-30-28-26-24-22-20-18-16-14-12-10-8-6-4-2/h14,16,19-22,40-41H,3-13,15,17-18,23-39,45H2,1-2H3,(H,48,49)(H,50,51)/b16-14-,21-19-,22-20-. The minimum absolute atomic E-state index is 0.144. The normalized spacial score (nSPS) is 14.1. The third kappa shape index (κ3) is 38.6. The Morgan fingerprint density at radius 1 is 0.554 bits per heavy atom. The molecule has 0 saturated carbocycles. The van der Waals surface area contributed by atoms with Gasteiger partial charge in [0.25, 0.3) is 0 Å². The average Bonchev–Trinajstić information content (AvgIpc) is 3.17. The number of unbranched alkanes of at least 4 members (excludes halogenated alkanes) is 21. The van der Waals surface area contributed by atoms with Crippen molar-refractivity contribution in [1.29, 1.82) is 0 Å². The van der Waals surface area contributed by atoms with Crippen molar-refractivity contribution in [3.8, 4) is 0 Å². The van der Waals surface area contributed by atoms with E-state index in [1.165, 1.54) is 70.6 Å². The van der Waals surface area contributed by atoms with E-state index in [0.717, 1.165) is 83.5 Å². The van der Waals surface area contributed by atoms with Gasteiger partial charge in [-0.3, -0.25) is 23.4 Å². The predicted octanol–water partition coefficient (Wildman–Crippen LogP) is 11.6. The summed E-state index contributed by atoms with van der Waals surface area (Å²) >= 11 is 0. The van der Waals surface area contributed by atoms with Crippen molar-refractivity contribution in [3.05, 3.63) is 36.5 Å². The highest BCUT2D eigenvalue weighted by molar-refractivity contribution is 7.47. The Hall–Kier alpha value is -2.30. The number of esters is 2. The molecule has 3 unspecified atom stereocenters. The molecule has 0 bridgehead atoms. The molecule has 0 fully saturated rings. The zero-order valence-corrected chi connectivity index (χ0v) is 36.1. The molecule has 326 valence electrons. The van der Waals surface area contributed by atoms with E-state index in [1.54, 1.807) is 0 Å². The van der Waals surface area contributed by atoms with Gasteiger partial charge in [-0.25, -0.2) is 4.57 Å². The lowest BCUT2D eigenvalue weighted by Crippen LogP contribution is -2.34. The first-order chi connectivity index (χ1) is 27.1. The molecule has 0 rings (SSSR count). The van der Waals surface area contributed by atoms with E-state index in [1.807, 2.05) is 0 Å². The zero-order chi connectivity index (χ0) is 41.4. The molecule has 0 aromatic carbocycles. The summed E-state index contributed by atoms with van der Waals surface area (Å²) in [6, 6.07) is -1.52. The fraction of sp³-hybridized carbons (Fsp3) is 0.795. The van der Waals surface area contributed by atoms with E-state index in [-0.39, 0.29) is 19.4 Å². The van der Waals surface area contributed by atoms with Crippen molar-refractivity contribution in [3.63, 3.8) is 0 Å². The van der Waals surface area contributed by atoms with E-state index >= 15 is 0 Å². The number of allylic oxidation sites excluding steroid dienone is 6. The van der Waals surface area contributed by atoms with Gasteiger partial charge in [-0.1, -0.05) is 147 Å². The number of carbonyl (C=O) groups is 3. The van der Waals surface area contributed by atoms with Crippen molar-refractivity contribution in [2.75, 3.05) is 19.8 Å². The van der Waals surface area contributed by atoms with Crippen LogP contribution in [0, 0.1) is 0 Å². The van der Waals surface area contributed by atoms with E-state index in [0.29, 0.717) is 12.8 Å². The largest absolute Gasteiger partial charge is 0.480 e. The van der Waals surface area contributed by atoms with Crippen molar-refractivity contribution < 1.29 is 47.5 Å². The summed E-state index contributed by atoms with van der Waals surface area (Å²) in [5.41, 5.74) is 5.33. The smallest absolute Gasteiger partial charge is 0.472 e. The predicted molar refractivity (Wildman–Crippen MR) is 226 cm³/mol.